The minimum Gasteiger partial charge on any atom is -0.342 e. The number of benzene rings is 1. The molecule has 1 aromatic carbocycles. The van der Waals surface area contributed by atoms with E-state index in [0.29, 0.717) is 25.9 Å². The van der Waals surface area contributed by atoms with Gasteiger partial charge in [-0.2, -0.15) is 0 Å². The number of hydrogen-bond acceptors (Lipinski definition) is 2. The van der Waals surface area contributed by atoms with E-state index in [-0.39, 0.29) is 23.4 Å². The van der Waals surface area contributed by atoms with E-state index in [1.54, 1.807) is 4.90 Å². The van der Waals surface area contributed by atoms with Crippen molar-refractivity contribution in [1.82, 2.24) is 4.90 Å². The van der Waals surface area contributed by atoms with Crippen LogP contribution in [0.3, 0.4) is 0 Å². The first-order valence-corrected chi connectivity index (χ1v) is 7.73. The Morgan fingerprint density at radius 3 is 2.09 bits per heavy atom. The van der Waals surface area contributed by atoms with Crippen molar-refractivity contribution < 1.29 is 18.4 Å². The standard InChI is InChI=1S/C17H22F2N2O2/c1-17(2,3)16(23)21-6-4-11(5-7-21)15(22)20-14-9-12(18)8-13(19)10-14/h8-11H,4-7H2,1-3H3,(H,20,22). The molecule has 0 atom stereocenters. The molecule has 0 saturated carbocycles. The maximum Gasteiger partial charge on any atom is 0.227 e. The summed E-state index contributed by atoms with van der Waals surface area (Å²) < 4.78 is 26.3. The van der Waals surface area contributed by atoms with Crippen LogP contribution < -0.4 is 5.32 Å². The number of anilines is 1. The molecule has 126 valence electrons. The van der Waals surface area contributed by atoms with Gasteiger partial charge in [0.2, 0.25) is 11.8 Å². The molecule has 0 aromatic heterocycles. The Hall–Kier alpha value is -1.98. The molecule has 0 bridgehead atoms. The second kappa shape index (κ2) is 6.64. The molecule has 1 aromatic rings. The van der Waals surface area contributed by atoms with Gasteiger partial charge in [-0.15, -0.1) is 0 Å². The van der Waals surface area contributed by atoms with Gasteiger partial charge in [0, 0.05) is 36.2 Å². The van der Waals surface area contributed by atoms with Crippen LogP contribution in [0.2, 0.25) is 0 Å². The summed E-state index contributed by atoms with van der Waals surface area (Å²) in [5.41, 5.74) is -0.325. The van der Waals surface area contributed by atoms with Crippen LogP contribution in [0.4, 0.5) is 14.5 Å². The number of carbonyl (C=O) groups is 2. The van der Waals surface area contributed by atoms with Gasteiger partial charge in [0.1, 0.15) is 11.6 Å². The van der Waals surface area contributed by atoms with E-state index < -0.39 is 17.0 Å². The average molecular weight is 324 g/mol. The van der Waals surface area contributed by atoms with E-state index >= 15 is 0 Å². The van der Waals surface area contributed by atoms with Crippen molar-refractivity contribution in [2.24, 2.45) is 11.3 Å². The van der Waals surface area contributed by atoms with Crippen molar-refractivity contribution in [3.05, 3.63) is 29.8 Å². The molecule has 2 rings (SSSR count). The van der Waals surface area contributed by atoms with Crippen LogP contribution in [-0.2, 0) is 9.59 Å². The Balaban J connectivity index is 1.92. The normalized spacial score (nSPS) is 16.3. The molecule has 1 aliphatic rings. The highest BCUT2D eigenvalue weighted by molar-refractivity contribution is 5.92. The number of halogens is 2. The molecule has 0 spiro atoms. The summed E-state index contributed by atoms with van der Waals surface area (Å²) in [6.45, 7) is 6.64. The highest BCUT2D eigenvalue weighted by atomic mass is 19.1. The topological polar surface area (TPSA) is 49.4 Å². The van der Waals surface area contributed by atoms with Gasteiger partial charge in [0.05, 0.1) is 0 Å². The molecule has 1 fully saturated rings. The van der Waals surface area contributed by atoms with E-state index in [1.807, 2.05) is 20.8 Å². The molecule has 2 amide bonds. The van der Waals surface area contributed by atoms with Crippen LogP contribution in [0.1, 0.15) is 33.6 Å². The summed E-state index contributed by atoms with van der Waals surface area (Å²) in [7, 11) is 0. The molecule has 0 unspecified atom stereocenters. The van der Waals surface area contributed by atoms with E-state index in [1.165, 1.54) is 0 Å². The van der Waals surface area contributed by atoms with Gasteiger partial charge in [0.25, 0.3) is 0 Å². The molecule has 6 heteroatoms. The van der Waals surface area contributed by atoms with Crippen molar-refractivity contribution in [3.63, 3.8) is 0 Å². The van der Waals surface area contributed by atoms with Crippen LogP contribution in [0.25, 0.3) is 0 Å². The third-order valence-corrected chi connectivity index (χ3v) is 3.92. The largest absolute Gasteiger partial charge is 0.342 e. The number of amides is 2. The smallest absolute Gasteiger partial charge is 0.227 e. The van der Waals surface area contributed by atoms with Crippen molar-refractivity contribution in [2.75, 3.05) is 18.4 Å². The summed E-state index contributed by atoms with van der Waals surface area (Å²) in [4.78, 5) is 26.2. The van der Waals surface area contributed by atoms with Crippen LogP contribution in [0, 0.1) is 23.0 Å². The van der Waals surface area contributed by atoms with Gasteiger partial charge < -0.3 is 10.2 Å². The Kier molecular flexibility index (Phi) is 5.02. The lowest BCUT2D eigenvalue weighted by Crippen LogP contribution is -2.45. The zero-order valence-electron chi connectivity index (χ0n) is 13.7. The molecule has 0 aliphatic carbocycles. The number of nitrogens with one attached hydrogen (secondary N) is 1. The summed E-state index contributed by atoms with van der Waals surface area (Å²) in [5.74, 6) is -1.91. The fraction of sp³-hybridized carbons (Fsp3) is 0.529. The Morgan fingerprint density at radius 1 is 1.09 bits per heavy atom. The third-order valence-electron chi connectivity index (χ3n) is 3.92. The van der Waals surface area contributed by atoms with Gasteiger partial charge in [-0.3, -0.25) is 9.59 Å². The van der Waals surface area contributed by atoms with Gasteiger partial charge in [-0.05, 0) is 25.0 Å². The third kappa shape index (κ3) is 4.50. The Morgan fingerprint density at radius 2 is 1.61 bits per heavy atom. The SMILES string of the molecule is CC(C)(C)C(=O)N1CCC(C(=O)Nc2cc(F)cc(F)c2)CC1. The first-order valence-electron chi connectivity index (χ1n) is 7.73. The second-order valence-corrected chi connectivity index (χ2v) is 6.96. The summed E-state index contributed by atoms with van der Waals surface area (Å²) in [6.07, 6.45) is 1.09. The molecule has 0 radical (unpaired) electrons. The van der Waals surface area contributed by atoms with E-state index in [0.717, 1.165) is 18.2 Å². The molecule has 1 aliphatic heterocycles. The molecule has 1 N–H and O–H groups in total. The van der Waals surface area contributed by atoms with E-state index in [2.05, 4.69) is 5.32 Å². The average Bonchev–Trinajstić information content (AvgIpc) is 2.44. The Bertz CT molecular complexity index is 583. The lowest BCUT2D eigenvalue weighted by atomic mass is 9.90. The lowest BCUT2D eigenvalue weighted by Gasteiger charge is -2.35. The molecule has 4 nitrogen and oxygen atoms in total. The number of rotatable bonds is 2. The summed E-state index contributed by atoms with van der Waals surface area (Å²) in [6, 6.07) is 2.92. The first-order chi connectivity index (χ1) is 10.7. The van der Waals surface area contributed by atoms with Crippen molar-refractivity contribution in [1.29, 1.82) is 0 Å². The van der Waals surface area contributed by atoms with Gasteiger partial charge >= 0.3 is 0 Å². The maximum absolute atomic E-state index is 13.1. The predicted octanol–water partition coefficient (Wildman–Crippen LogP) is 3.19. The van der Waals surface area contributed by atoms with Gasteiger partial charge in [0.15, 0.2) is 0 Å². The second-order valence-electron chi connectivity index (χ2n) is 6.96. The van der Waals surface area contributed by atoms with Crippen molar-refractivity contribution in [3.8, 4) is 0 Å². The quantitative estimate of drug-likeness (QED) is 0.908. The fourth-order valence-electron chi connectivity index (χ4n) is 2.69. The number of piperidine rings is 1. The molecule has 1 saturated heterocycles. The number of carbonyl (C=O) groups excluding carboxylic acids is 2. The number of nitrogens with zero attached hydrogens (tertiary/aromatic N) is 1. The molecular weight excluding hydrogens is 302 g/mol. The van der Waals surface area contributed by atoms with Crippen LogP contribution in [-0.4, -0.2) is 29.8 Å². The van der Waals surface area contributed by atoms with Crippen LogP contribution in [0.15, 0.2) is 18.2 Å². The lowest BCUT2D eigenvalue weighted by molar-refractivity contribution is -0.142. The number of likely N-dealkylation sites (tertiary alicyclic amines) is 1. The highest BCUT2D eigenvalue weighted by Crippen LogP contribution is 2.24. The zero-order valence-corrected chi connectivity index (χ0v) is 13.7. The predicted molar refractivity (Wildman–Crippen MR) is 83.7 cm³/mol. The van der Waals surface area contributed by atoms with Crippen molar-refractivity contribution >= 4 is 17.5 Å². The monoisotopic (exact) mass is 324 g/mol. The number of hydrogen-bond donors (Lipinski definition) is 1. The van der Waals surface area contributed by atoms with Crippen molar-refractivity contribution in [2.45, 2.75) is 33.6 Å². The first kappa shape index (κ1) is 17.4. The Labute approximate surface area is 134 Å². The minimum absolute atomic E-state index is 0.0727. The summed E-state index contributed by atoms with van der Waals surface area (Å²) in [5, 5.41) is 2.55. The summed E-state index contributed by atoms with van der Waals surface area (Å²) >= 11 is 0. The fourth-order valence-corrected chi connectivity index (χ4v) is 2.69. The zero-order chi connectivity index (χ0) is 17.2. The minimum atomic E-state index is -0.731. The van der Waals surface area contributed by atoms with Crippen LogP contribution in [0.5, 0.6) is 0 Å². The maximum atomic E-state index is 13.1. The highest BCUT2D eigenvalue weighted by Gasteiger charge is 2.32. The van der Waals surface area contributed by atoms with Gasteiger partial charge in [-0.25, -0.2) is 8.78 Å². The molecular formula is C17H22F2N2O2. The van der Waals surface area contributed by atoms with E-state index in [9.17, 15) is 18.4 Å². The van der Waals surface area contributed by atoms with E-state index in [4.69, 9.17) is 0 Å². The van der Waals surface area contributed by atoms with Crippen LogP contribution >= 0.6 is 0 Å². The molecule has 1 heterocycles. The van der Waals surface area contributed by atoms with Gasteiger partial charge in [-0.1, -0.05) is 20.8 Å². The molecule has 23 heavy (non-hydrogen) atoms.